The SMILES string of the molecule is Cc1ccc(CCC(=O)NCCCc2nc3ccccc3s2)c(C)c1. The van der Waals surface area contributed by atoms with Crippen LogP contribution < -0.4 is 5.32 Å². The second kappa shape index (κ2) is 8.26. The summed E-state index contributed by atoms with van der Waals surface area (Å²) in [6, 6.07) is 14.6. The largest absolute Gasteiger partial charge is 0.356 e. The second-order valence-corrected chi connectivity index (χ2v) is 7.57. The predicted octanol–water partition coefficient (Wildman–Crippen LogP) is 4.59. The lowest BCUT2D eigenvalue weighted by Crippen LogP contribution is -2.25. The summed E-state index contributed by atoms with van der Waals surface area (Å²) in [7, 11) is 0. The van der Waals surface area contributed by atoms with Gasteiger partial charge in [0.05, 0.1) is 15.2 Å². The standard InChI is InChI=1S/C21H24N2OS/c1-15-9-10-17(16(2)14-15)11-12-20(24)22-13-5-8-21-23-18-6-3-4-7-19(18)25-21/h3-4,6-7,9-10,14H,5,8,11-13H2,1-2H3,(H,22,24). The average Bonchev–Trinajstić information content (AvgIpc) is 3.01. The minimum Gasteiger partial charge on any atom is -0.356 e. The summed E-state index contributed by atoms with van der Waals surface area (Å²) in [6.07, 6.45) is 3.19. The topological polar surface area (TPSA) is 42.0 Å². The number of carbonyl (C=O) groups is 1. The highest BCUT2D eigenvalue weighted by Gasteiger charge is 2.06. The van der Waals surface area contributed by atoms with Crippen LogP contribution >= 0.6 is 11.3 Å². The third-order valence-electron chi connectivity index (χ3n) is 4.35. The van der Waals surface area contributed by atoms with Crippen LogP contribution in [0.2, 0.25) is 0 Å². The van der Waals surface area contributed by atoms with Gasteiger partial charge in [-0.05, 0) is 49.9 Å². The van der Waals surface area contributed by atoms with E-state index in [4.69, 9.17) is 0 Å². The number of hydrogen-bond acceptors (Lipinski definition) is 3. The van der Waals surface area contributed by atoms with E-state index in [0.717, 1.165) is 29.8 Å². The fourth-order valence-electron chi connectivity index (χ4n) is 2.96. The van der Waals surface area contributed by atoms with E-state index < -0.39 is 0 Å². The van der Waals surface area contributed by atoms with E-state index in [1.807, 2.05) is 18.2 Å². The van der Waals surface area contributed by atoms with Crippen LogP contribution in [-0.4, -0.2) is 17.4 Å². The van der Waals surface area contributed by atoms with E-state index in [-0.39, 0.29) is 5.91 Å². The van der Waals surface area contributed by atoms with Crippen LogP contribution in [0.15, 0.2) is 42.5 Å². The van der Waals surface area contributed by atoms with Gasteiger partial charge in [0, 0.05) is 19.4 Å². The molecule has 3 nitrogen and oxygen atoms in total. The molecule has 0 fully saturated rings. The summed E-state index contributed by atoms with van der Waals surface area (Å²) in [5.74, 6) is 0.129. The molecule has 0 unspecified atom stereocenters. The Morgan fingerprint density at radius 3 is 2.76 bits per heavy atom. The Labute approximate surface area is 153 Å². The van der Waals surface area contributed by atoms with E-state index in [2.05, 4.69) is 48.4 Å². The molecule has 1 aromatic heterocycles. The summed E-state index contributed by atoms with van der Waals surface area (Å²) >= 11 is 1.74. The molecule has 0 bridgehead atoms. The van der Waals surface area contributed by atoms with Gasteiger partial charge in [0.2, 0.25) is 5.91 Å². The molecule has 0 aliphatic carbocycles. The third-order valence-corrected chi connectivity index (χ3v) is 5.44. The lowest BCUT2D eigenvalue weighted by Gasteiger charge is -2.07. The second-order valence-electron chi connectivity index (χ2n) is 6.46. The zero-order valence-corrected chi connectivity index (χ0v) is 15.7. The Bertz CT molecular complexity index is 836. The quantitative estimate of drug-likeness (QED) is 0.632. The van der Waals surface area contributed by atoms with Crippen LogP contribution in [-0.2, 0) is 17.6 Å². The molecule has 0 spiro atoms. The van der Waals surface area contributed by atoms with Crippen LogP contribution in [0, 0.1) is 13.8 Å². The van der Waals surface area contributed by atoms with Crippen molar-refractivity contribution in [2.45, 2.75) is 39.5 Å². The highest BCUT2D eigenvalue weighted by Crippen LogP contribution is 2.22. The van der Waals surface area contributed by atoms with Gasteiger partial charge in [0.15, 0.2) is 0 Å². The number of benzene rings is 2. The van der Waals surface area contributed by atoms with E-state index in [9.17, 15) is 4.79 Å². The van der Waals surface area contributed by atoms with Gasteiger partial charge in [-0.1, -0.05) is 35.9 Å². The van der Waals surface area contributed by atoms with Crippen LogP contribution in [0.4, 0.5) is 0 Å². The zero-order valence-electron chi connectivity index (χ0n) is 14.8. The monoisotopic (exact) mass is 352 g/mol. The van der Waals surface area contributed by atoms with Gasteiger partial charge in [-0.3, -0.25) is 4.79 Å². The lowest BCUT2D eigenvalue weighted by molar-refractivity contribution is -0.121. The Morgan fingerprint density at radius 1 is 1.12 bits per heavy atom. The lowest BCUT2D eigenvalue weighted by atomic mass is 10.0. The molecule has 1 amide bonds. The summed E-state index contributed by atoms with van der Waals surface area (Å²) in [4.78, 5) is 16.7. The molecule has 4 heteroatoms. The molecule has 3 rings (SSSR count). The first-order chi connectivity index (χ1) is 12.1. The summed E-state index contributed by atoms with van der Waals surface area (Å²) < 4.78 is 1.23. The van der Waals surface area contributed by atoms with E-state index in [0.29, 0.717) is 13.0 Å². The number of aryl methyl sites for hydroxylation is 4. The smallest absolute Gasteiger partial charge is 0.220 e. The number of hydrogen-bond donors (Lipinski definition) is 1. The summed E-state index contributed by atoms with van der Waals surface area (Å²) in [5, 5.41) is 4.17. The van der Waals surface area contributed by atoms with Crippen molar-refractivity contribution < 1.29 is 4.79 Å². The molecule has 130 valence electrons. The molecular weight excluding hydrogens is 328 g/mol. The highest BCUT2D eigenvalue weighted by molar-refractivity contribution is 7.18. The maximum absolute atomic E-state index is 12.0. The number of thiazole rings is 1. The van der Waals surface area contributed by atoms with Crippen molar-refractivity contribution in [2.75, 3.05) is 6.54 Å². The molecule has 2 aromatic carbocycles. The number of amides is 1. The minimum atomic E-state index is 0.129. The van der Waals surface area contributed by atoms with Gasteiger partial charge < -0.3 is 5.32 Å². The molecule has 0 radical (unpaired) electrons. The molecule has 0 saturated carbocycles. The fourth-order valence-corrected chi connectivity index (χ4v) is 3.97. The number of rotatable bonds is 7. The van der Waals surface area contributed by atoms with Crippen molar-refractivity contribution in [1.29, 1.82) is 0 Å². The van der Waals surface area contributed by atoms with Crippen LogP contribution in [0.1, 0.15) is 34.5 Å². The molecule has 0 saturated heterocycles. The van der Waals surface area contributed by atoms with E-state index in [1.165, 1.54) is 21.4 Å². The summed E-state index contributed by atoms with van der Waals surface area (Å²) in [6.45, 7) is 4.91. The number of carbonyl (C=O) groups excluding carboxylic acids is 1. The maximum atomic E-state index is 12.0. The Kier molecular flexibility index (Phi) is 5.82. The van der Waals surface area contributed by atoms with Gasteiger partial charge >= 0.3 is 0 Å². The van der Waals surface area contributed by atoms with Crippen molar-refractivity contribution in [1.82, 2.24) is 10.3 Å². The molecule has 0 atom stereocenters. The molecule has 1 N–H and O–H groups in total. The Balaban J connectivity index is 1.39. The summed E-state index contributed by atoms with van der Waals surface area (Å²) in [5.41, 5.74) is 4.86. The first kappa shape index (κ1) is 17.6. The third kappa shape index (κ3) is 4.89. The number of aromatic nitrogens is 1. The fraction of sp³-hybridized carbons (Fsp3) is 0.333. The van der Waals surface area contributed by atoms with Crippen LogP contribution in [0.3, 0.4) is 0 Å². The Hall–Kier alpha value is -2.20. The Morgan fingerprint density at radius 2 is 1.96 bits per heavy atom. The van der Waals surface area contributed by atoms with Crippen LogP contribution in [0.25, 0.3) is 10.2 Å². The van der Waals surface area contributed by atoms with Crippen molar-refractivity contribution in [2.24, 2.45) is 0 Å². The van der Waals surface area contributed by atoms with Crippen molar-refractivity contribution in [3.05, 3.63) is 64.2 Å². The van der Waals surface area contributed by atoms with E-state index in [1.54, 1.807) is 11.3 Å². The average molecular weight is 353 g/mol. The minimum absolute atomic E-state index is 0.129. The maximum Gasteiger partial charge on any atom is 0.220 e. The zero-order chi connectivity index (χ0) is 17.6. The number of nitrogens with one attached hydrogen (secondary N) is 1. The highest BCUT2D eigenvalue weighted by atomic mass is 32.1. The predicted molar refractivity (Wildman–Crippen MR) is 105 cm³/mol. The van der Waals surface area contributed by atoms with Gasteiger partial charge in [-0.2, -0.15) is 0 Å². The van der Waals surface area contributed by atoms with E-state index >= 15 is 0 Å². The first-order valence-corrected chi connectivity index (χ1v) is 9.61. The van der Waals surface area contributed by atoms with Crippen molar-refractivity contribution >= 4 is 27.5 Å². The molecule has 0 aliphatic heterocycles. The first-order valence-electron chi connectivity index (χ1n) is 8.79. The molecule has 1 heterocycles. The molecule has 25 heavy (non-hydrogen) atoms. The van der Waals surface area contributed by atoms with Crippen LogP contribution in [0.5, 0.6) is 0 Å². The van der Waals surface area contributed by atoms with Gasteiger partial charge in [-0.15, -0.1) is 11.3 Å². The van der Waals surface area contributed by atoms with Gasteiger partial charge in [-0.25, -0.2) is 4.98 Å². The normalized spacial score (nSPS) is 11.0. The van der Waals surface area contributed by atoms with Crippen molar-refractivity contribution in [3.8, 4) is 0 Å². The van der Waals surface area contributed by atoms with Gasteiger partial charge in [0.1, 0.15) is 0 Å². The van der Waals surface area contributed by atoms with Crippen molar-refractivity contribution in [3.63, 3.8) is 0 Å². The molecule has 3 aromatic rings. The molecular formula is C21H24N2OS. The molecule has 0 aliphatic rings. The number of nitrogens with zero attached hydrogens (tertiary/aromatic N) is 1. The van der Waals surface area contributed by atoms with Gasteiger partial charge in [0.25, 0.3) is 0 Å². The number of fused-ring (bicyclic) bond motifs is 1. The number of para-hydroxylation sites is 1.